The molecule has 0 aliphatic carbocycles. The Hall–Kier alpha value is -2.79. The van der Waals surface area contributed by atoms with E-state index >= 15 is 0 Å². The topological polar surface area (TPSA) is 59.1 Å². The average Bonchev–Trinajstić information content (AvgIpc) is 3.11. The van der Waals surface area contributed by atoms with E-state index in [4.69, 9.17) is 0 Å². The largest absolute Gasteiger partial charge is 0.326 e. The summed E-state index contributed by atoms with van der Waals surface area (Å²) < 4.78 is 0. The second kappa shape index (κ2) is 8.06. The highest BCUT2D eigenvalue weighted by molar-refractivity contribution is 7.09. The zero-order chi connectivity index (χ0) is 18.5. The van der Waals surface area contributed by atoms with Gasteiger partial charge in [-0.3, -0.25) is 9.59 Å². The molecule has 0 atom stereocenters. The highest BCUT2D eigenvalue weighted by atomic mass is 32.1. The zero-order valence-electron chi connectivity index (χ0n) is 14.8. The van der Waals surface area contributed by atoms with Crippen LogP contribution in [0, 0.1) is 6.92 Å². The first-order chi connectivity index (χ1) is 12.5. The third kappa shape index (κ3) is 4.43. The number of hydrogen-bond acceptors (Lipinski definition) is 4. The van der Waals surface area contributed by atoms with Crippen molar-refractivity contribution in [1.82, 2.24) is 4.98 Å². The van der Waals surface area contributed by atoms with E-state index in [1.807, 2.05) is 48.7 Å². The molecule has 0 saturated heterocycles. The molecule has 0 radical (unpaired) electrons. The van der Waals surface area contributed by atoms with Crippen LogP contribution >= 0.6 is 11.3 Å². The van der Waals surface area contributed by atoms with Crippen molar-refractivity contribution in [1.29, 1.82) is 0 Å². The van der Waals surface area contributed by atoms with Crippen LogP contribution in [0.5, 0.6) is 0 Å². The predicted molar refractivity (Wildman–Crippen MR) is 106 cm³/mol. The third-order valence-corrected chi connectivity index (χ3v) is 5.01. The Balaban J connectivity index is 1.61. The van der Waals surface area contributed by atoms with Crippen LogP contribution in [0.2, 0.25) is 0 Å². The monoisotopic (exact) mass is 364 g/mol. The molecule has 3 rings (SSSR count). The van der Waals surface area contributed by atoms with Crippen molar-refractivity contribution in [3.05, 3.63) is 70.0 Å². The van der Waals surface area contributed by atoms with Crippen LogP contribution in [0.3, 0.4) is 0 Å². The number of carbonyl (C=O) groups excluding carboxylic acids is 2. The van der Waals surface area contributed by atoms with Crippen molar-refractivity contribution in [2.45, 2.75) is 26.7 Å². The minimum absolute atomic E-state index is 0.0169. The second-order valence-electron chi connectivity index (χ2n) is 6.13. The van der Waals surface area contributed by atoms with Gasteiger partial charge in [-0.2, -0.15) is 0 Å². The van der Waals surface area contributed by atoms with Crippen molar-refractivity contribution >= 4 is 28.7 Å². The molecule has 1 amide bonds. The van der Waals surface area contributed by atoms with Gasteiger partial charge in [-0.25, -0.2) is 4.98 Å². The second-order valence-corrected chi connectivity index (χ2v) is 7.07. The normalized spacial score (nSPS) is 10.5. The molecule has 1 aromatic heterocycles. The van der Waals surface area contributed by atoms with Gasteiger partial charge in [-0.15, -0.1) is 11.3 Å². The summed E-state index contributed by atoms with van der Waals surface area (Å²) >= 11 is 1.57. The summed E-state index contributed by atoms with van der Waals surface area (Å²) in [6.45, 7) is 3.43. The quantitative estimate of drug-likeness (QED) is 0.633. The van der Waals surface area contributed by atoms with Gasteiger partial charge in [0.1, 0.15) is 0 Å². The fourth-order valence-electron chi connectivity index (χ4n) is 2.58. The summed E-state index contributed by atoms with van der Waals surface area (Å²) in [6, 6.07) is 15.3. The number of carbonyl (C=O) groups is 2. The number of anilines is 1. The molecule has 0 aliphatic rings. The number of aromatic nitrogens is 1. The van der Waals surface area contributed by atoms with Gasteiger partial charge in [0.25, 0.3) is 0 Å². The van der Waals surface area contributed by atoms with E-state index in [-0.39, 0.29) is 11.7 Å². The number of hydrogen-bond donors (Lipinski definition) is 1. The van der Waals surface area contributed by atoms with E-state index < -0.39 is 0 Å². The Labute approximate surface area is 156 Å². The van der Waals surface area contributed by atoms with Crippen LogP contribution in [0.4, 0.5) is 5.69 Å². The Morgan fingerprint density at radius 2 is 1.88 bits per heavy atom. The van der Waals surface area contributed by atoms with Gasteiger partial charge in [0, 0.05) is 35.0 Å². The number of ketones is 1. The Morgan fingerprint density at radius 1 is 1.12 bits per heavy atom. The van der Waals surface area contributed by atoms with Crippen LogP contribution in [-0.4, -0.2) is 16.7 Å². The molecule has 2 aromatic carbocycles. The average molecular weight is 364 g/mol. The van der Waals surface area contributed by atoms with Gasteiger partial charge < -0.3 is 5.32 Å². The van der Waals surface area contributed by atoms with Gasteiger partial charge in [-0.1, -0.05) is 42.5 Å². The SMILES string of the molecule is CC(=O)c1ccc(C)c(NC(=O)CCc2nc(-c3ccccc3)cs2)c1. The van der Waals surface area contributed by atoms with Gasteiger partial charge in [0.15, 0.2) is 5.78 Å². The first-order valence-corrected chi connectivity index (χ1v) is 9.32. The van der Waals surface area contributed by atoms with Crippen LogP contribution in [-0.2, 0) is 11.2 Å². The van der Waals surface area contributed by atoms with E-state index in [1.165, 1.54) is 6.92 Å². The maximum atomic E-state index is 12.3. The fraction of sp³-hybridized carbons (Fsp3) is 0.190. The molecule has 1 heterocycles. The van der Waals surface area contributed by atoms with Gasteiger partial charge in [0.2, 0.25) is 5.91 Å². The number of Topliss-reactive ketones (excluding diaryl/α,β-unsaturated/α-hetero) is 1. The molecule has 0 aliphatic heterocycles. The lowest BCUT2D eigenvalue weighted by Gasteiger charge is -2.09. The van der Waals surface area contributed by atoms with Crippen molar-refractivity contribution in [2.75, 3.05) is 5.32 Å². The number of benzene rings is 2. The molecular formula is C21H20N2O2S. The molecule has 0 bridgehead atoms. The van der Waals surface area contributed by atoms with Crippen molar-refractivity contribution in [2.24, 2.45) is 0 Å². The number of thiazole rings is 1. The van der Waals surface area contributed by atoms with Crippen molar-refractivity contribution < 1.29 is 9.59 Å². The zero-order valence-corrected chi connectivity index (χ0v) is 15.6. The Morgan fingerprint density at radius 3 is 2.62 bits per heavy atom. The van der Waals surface area contributed by atoms with E-state index in [0.29, 0.717) is 24.1 Å². The Kier molecular flexibility index (Phi) is 5.58. The Bertz CT molecular complexity index is 932. The lowest BCUT2D eigenvalue weighted by atomic mass is 10.1. The molecular weight excluding hydrogens is 344 g/mol. The maximum Gasteiger partial charge on any atom is 0.224 e. The predicted octanol–water partition coefficient (Wildman–Crippen LogP) is 4.89. The van der Waals surface area contributed by atoms with Crippen molar-refractivity contribution in [3.63, 3.8) is 0 Å². The fourth-order valence-corrected chi connectivity index (χ4v) is 3.38. The molecule has 0 spiro atoms. The van der Waals surface area contributed by atoms with E-state index in [1.54, 1.807) is 23.5 Å². The smallest absolute Gasteiger partial charge is 0.224 e. The van der Waals surface area contributed by atoms with Gasteiger partial charge in [-0.05, 0) is 25.5 Å². The molecule has 0 fully saturated rings. The van der Waals surface area contributed by atoms with Crippen molar-refractivity contribution in [3.8, 4) is 11.3 Å². The van der Waals surface area contributed by atoms with Crippen LogP contribution < -0.4 is 5.32 Å². The lowest BCUT2D eigenvalue weighted by molar-refractivity contribution is -0.116. The molecule has 132 valence electrons. The lowest BCUT2D eigenvalue weighted by Crippen LogP contribution is -2.13. The summed E-state index contributed by atoms with van der Waals surface area (Å²) in [6.07, 6.45) is 0.945. The summed E-state index contributed by atoms with van der Waals surface area (Å²) in [7, 11) is 0. The number of amides is 1. The van der Waals surface area contributed by atoms with E-state index in [2.05, 4.69) is 10.3 Å². The standard InChI is InChI=1S/C21H20N2O2S/c1-14-8-9-17(15(2)24)12-18(14)22-20(25)10-11-21-23-19(13-26-21)16-6-4-3-5-7-16/h3-9,12-13H,10-11H2,1-2H3,(H,22,25). The number of nitrogens with one attached hydrogen (secondary N) is 1. The number of aryl methyl sites for hydroxylation is 2. The van der Waals surface area contributed by atoms with Crippen LogP contribution in [0.15, 0.2) is 53.9 Å². The first kappa shape index (κ1) is 18.0. The summed E-state index contributed by atoms with van der Waals surface area (Å²) in [5.74, 6) is -0.0954. The number of rotatable bonds is 6. The third-order valence-electron chi connectivity index (χ3n) is 4.11. The highest BCUT2D eigenvalue weighted by Gasteiger charge is 2.10. The van der Waals surface area contributed by atoms with Gasteiger partial charge >= 0.3 is 0 Å². The maximum absolute atomic E-state index is 12.3. The summed E-state index contributed by atoms with van der Waals surface area (Å²) in [5, 5.41) is 5.85. The molecule has 3 aromatic rings. The first-order valence-electron chi connectivity index (χ1n) is 8.44. The molecule has 0 saturated carbocycles. The molecule has 5 heteroatoms. The molecule has 1 N–H and O–H groups in total. The van der Waals surface area contributed by atoms with E-state index in [9.17, 15) is 9.59 Å². The highest BCUT2D eigenvalue weighted by Crippen LogP contribution is 2.23. The minimum Gasteiger partial charge on any atom is -0.326 e. The van der Waals surface area contributed by atoms with Crippen LogP contribution in [0.1, 0.15) is 34.3 Å². The molecule has 4 nitrogen and oxygen atoms in total. The van der Waals surface area contributed by atoms with Crippen LogP contribution in [0.25, 0.3) is 11.3 Å². The number of nitrogens with zero attached hydrogens (tertiary/aromatic N) is 1. The minimum atomic E-state index is -0.0785. The van der Waals surface area contributed by atoms with E-state index in [0.717, 1.165) is 21.8 Å². The molecule has 0 unspecified atom stereocenters. The van der Waals surface area contributed by atoms with Gasteiger partial charge in [0.05, 0.1) is 10.7 Å². The molecule has 26 heavy (non-hydrogen) atoms. The summed E-state index contributed by atoms with van der Waals surface area (Å²) in [5.41, 5.74) is 4.24. The summed E-state index contributed by atoms with van der Waals surface area (Å²) in [4.78, 5) is 28.4.